The van der Waals surface area contributed by atoms with E-state index in [4.69, 9.17) is 18.7 Å². The largest absolute Gasteiger partial charge is 0.493 e. The predicted molar refractivity (Wildman–Crippen MR) is 114 cm³/mol. The molecule has 0 saturated heterocycles. The SMILES string of the molecule is CCc1ccc(-n2nnc(-c3nc(-c4cc(OC)c(OC)c(OC)c4)no3)c2C)cc1. The molecule has 2 heterocycles. The van der Waals surface area contributed by atoms with Crippen molar-refractivity contribution in [2.24, 2.45) is 0 Å². The highest BCUT2D eigenvalue weighted by Gasteiger charge is 2.21. The maximum Gasteiger partial charge on any atom is 0.280 e. The first kappa shape index (κ1) is 20.4. The van der Waals surface area contributed by atoms with Crippen LogP contribution < -0.4 is 14.2 Å². The first-order valence-corrected chi connectivity index (χ1v) is 9.75. The van der Waals surface area contributed by atoms with Crippen molar-refractivity contribution >= 4 is 0 Å². The average Bonchev–Trinajstić information content (AvgIpc) is 3.44. The van der Waals surface area contributed by atoms with Crippen LogP contribution in [0.25, 0.3) is 28.7 Å². The van der Waals surface area contributed by atoms with Gasteiger partial charge in [0.05, 0.1) is 32.7 Å². The summed E-state index contributed by atoms with van der Waals surface area (Å²) in [5.74, 6) is 2.14. The van der Waals surface area contributed by atoms with E-state index in [2.05, 4.69) is 39.5 Å². The zero-order valence-electron chi connectivity index (χ0n) is 18.0. The Hall–Kier alpha value is -3.88. The normalized spacial score (nSPS) is 10.9. The molecule has 0 saturated carbocycles. The van der Waals surface area contributed by atoms with Crippen molar-refractivity contribution in [3.63, 3.8) is 0 Å². The summed E-state index contributed by atoms with van der Waals surface area (Å²) in [5, 5.41) is 12.6. The molecule has 9 heteroatoms. The topological polar surface area (TPSA) is 97.3 Å². The van der Waals surface area contributed by atoms with Gasteiger partial charge in [0.2, 0.25) is 11.6 Å². The highest BCUT2D eigenvalue weighted by Crippen LogP contribution is 2.40. The van der Waals surface area contributed by atoms with Gasteiger partial charge >= 0.3 is 0 Å². The van der Waals surface area contributed by atoms with E-state index in [1.165, 1.54) is 5.56 Å². The monoisotopic (exact) mass is 421 g/mol. The molecule has 0 atom stereocenters. The molecule has 4 rings (SSSR count). The van der Waals surface area contributed by atoms with E-state index in [0.29, 0.717) is 34.3 Å². The van der Waals surface area contributed by atoms with Crippen LogP contribution in [0.5, 0.6) is 17.2 Å². The van der Waals surface area contributed by atoms with E-state index >= 15 is 0 Å². The van der Waals surface area contributed by atoms with Crippen LogP contribution in [0.2, 0.25) is 0 Å². The molecule has 0 fully saturated rings. The molecule has 9 nitrogen and oxygen atoms in total. The molecule has 4 aromatic rings. The van der Waals surface area contributed by atoms with E-state index in [-0.39, 0.29) is 5.89 Å². The van der Waals surface area contributed by atoms with Gasteiger partial charge in [-0.1, -0.05) is 29.4 Å². The summed E-state index contributed by atoms with van der Waals surface area (Å²) < 4.78 is 23.4. The highest BCUT2D eigenvalue weighted by molar-refractivity contribution is 5.67. The minimum atomic E-state index is 0.276. The minimum absolute atomic E-state index is 0.276. The van der Waals surface area contributed by atoms with Crippen molar-refractivity contribution in [3.8, 4) is 45.9 Å². The van der Waals surface area contributed by atoms with Crippen LogP contribution in [0.1, 0.15) is 18.2 Å². The second-order valence-electron chi connectivity index (χ2n) is 6.79. The number of aromatic nitrogens is 5. The summed E-state index contributed by atoms with van der Waals surface area (Å²) in [4.78, 5) is 4.51. The van der Waals surface area contributed by atoms with Gasteiger partial charge in [0.1, 0.15) is 0 Å². The number of aryl methyl sites for hydroxylation is 1. The molecule has 0 aliphatic heterocycles. The summed E-state index contributed by atoms with van der Waals surface area (Å²) in [7, 11) is 4.66. The first-order valence-electron chi connectivity index (χ1n) is 9.75. The molecular weight excluding hydrogens is 398 g/mol. The van der Waals surface area contributed by atoms with Crippen LogP contribution in [-0.2, 0) is 6.42 Å². The van der Waals surface area contributed by atoms with E-state index in [1.54, 1.807) is 38.1 Å². The molecule has 2 aromatic carbocycles. The molecule has 0 N–H and O–H groups in total. The van der Waals surface area contributed by atoms with Crippen LogP contribution in [0.4, 0.5) is 0 Å². The molecule has 0 unspecified atom stereocenters. The number of nitrogens with zero attached hydrogens (tertiary/aromatic N) is 5. The fourth-order valence-corrected chi connectivity index (χ4v) is 3.29. The Morgan fingerprint density at radius 2 is 1.65 bits per heavy atom. The van der Waals surface area contributed by atoms with Gasteiger partial charge in [0.25, 0.3) is 5.89 Å². The summed E-state index contributed by atoms with van der Waals surface area (Å²) in [6, 6.07) is 11.7. The maximum atomic E-state index is 5.49. The predicted octanol–water partition coefficient (Wildman–Crippen LogP) is 3.88. The van der Waals surface area contributed by atoms with Gasteiger partial charge in [-0.05, 0) is 43.2 Å². The van der Waals surface area contributed by atoms with Crippen molar-refractivity contribution in [2.45, 2.75) is 20.3 Å². The Bertz CT molecular complexity index is 1170. The molecule has 0 spiro atoms. The van der Waals surface area contributed by atoms with Crippen LogP contribution >= 0.6 is 0 Å². The molecule has 0 radical (unpaired) electrons. The highest BCUT2D eigenvalue weighted by atomic mass is 16.5. The molecule has 0 amide bonds. The third kappa shape index (κ3) is 3.70. The fraction of sp³-hybridized carbons (Fsp3) is 0.273. The van der Waals surface area contributed by atoms with Crippen LogP contribution in [0.15, 0.2) is 40.9 Å². The standard InChI is InChI=1S/C22H23N5O4/c1-6-14-7-9-16(10-8-14)27-13(2)19(24-26-27)22-23-21(25-31-22)15-11-17(28-3)20(30-5)18(12-15)29-4/h7-12H,6H2,1-5H3. The Kier molecular flexibility index (Phi) is 5.57. The van der Waals surface area contributed by atoms with Crippen LogP contribution in [0.3, 0.4) is 0 Å². The van der Waals surface area contributed by atoms with Crippen molar-refractivity contribution in [3.05, 3.63) is 47.7 Å². The smallest absolute Gasteiger partial charge is 0.280 e. The van der Waals surface area contributed by atoms with Crippen molar-refractivity contribution in [1.29, 1.82) is 0 Å². The van der Waals surface area contributed by atoms with Crippen molar-refractivity contribution < 1.29 is 18.7 Å². The lowest BCUT2D eigenvalue weighted by Crippen LogP contribution is -1.99. The minimum Gasteiger partial charge on any atom is -0.493 e. The average molecular weight is 421 g/mol. The summed E-state index contributed by atoms with van der Waals surface area (Å²) in [6.45, 7) is 4.03. The Labute approximate surface area is 179 Å². The Balaban J connectivity index is 1.69. The second-order valence-corrected chi connectivity index (χ2v) is 6.79. The number of hydrogen-bond acceptors (Lipinski definition) is 8. The zero-order chi connectivity index (χ0) is 22.0. The van der Waals surface area contributed by atoms with Crippen LogP contribution in [-0.4, -0.2) is 46.5 Å². The lowest BCUT2D eigenvalue weighted by Gasteiger charge is -2.12. The fourth-order valence-electron chi connectivity index (χ4n) is 3.29. The van der Waals surface area contributed by atoms with Gasteiger partial charge < -0.3 is 18.7 Å². The Morgan fingerprint density at radius 1 is 0.968 bits per heavy atom. The van der Waals surface area contributed by atoms with Gasteiger partial charge in [-0.15, -0.1) is 5.10 Å². The second kappa shape index (κ2) is 8.47. The molecule has 2 aromatic heterocycles. The van der Waals surface area contributed by atoms with Crippen molar-refractivity contribution in [1.82, 2.24) is 25.1 Å². The molecule has 160 valence electrons. The number of methoxy groups -OCH3 is 3. The molecule has 0 aliphatic rings. The number of rotatable bonds is 7. The molecular formula is C22H23N5O4. The molecule has 0 aliphatic carbocycles. The van der Waals surface area contributed by atoms with Gasteiger partial charge in [0.15, 0.2) is 17.2 Å². The first-order chi connectivity index (χ1) is 15.1. The molecule has 0 bridgehead atoms. The quantitative estimate of drug-likeness (QED) is 0.443. The van der Waals surface area contributed by atoms with Crippen molar-refractivity contribution in [2.75, 3.05) is 21.3 Å². The molecule has 31 heavy (non-hydrogen) atoms. The number of benzene rings is 2. The summed E-state index contributed by atoms with van der Waals surface area (Å²) in [5.41, 5.74) is 4.14. The number of ether oxygens (including phenoxy) is 3. The van der Waals surface area contributed by atoms with E-state index < -0.39 is 0 Å². The van der Waals surface area contributed by atoms with E-state index in [0.717, 1.165) is 17.8 Å². The lowest BCUT2D eigenvalue weighted by molar-refractivity contribution is 0.324. The van der Waals surface area contributed by atoms with E-state index in [9.17, 15) is 0 Å². The van der Waals surface area contributed by atoms with Gasteiger partial charge in [-0.25, -0.2) is 4.68 Å². The third-order valence-electron chi connectivity index (χ3n) is 5.04. The van der Waals surface area contributed by atoms with Gasteiger partial charge in [0, 0.05) is 5.56 Å². The lowest BCUT2D eigenvalue weighted by atomic mass is 10.1. The zero-order valence-corrected chi connectivity index (χ0v) is 18.0. The van der Waals surface area contributed by atoms with Crippen LogP contribution in [0, 0.1) is 6.92 Å². The third-order valence-corrected chi connectivity index (χ3v) is 5.04. The maximum absolute atomic E-state index is 5.49. The summed E-state index contributed by atoms with van der Waals surface area (Å²) >= 11 is 0. The summed E-state index contributed by atoms with van der Waals surface area (Å²) in [6.07, 6.45) is 0.980. The van der Waals surface area contributed by atoms with Gasteiger partial charge in [-0.3, -0.25) is 0 Å². The van der Waals surface area contributed by atoms with Gasteiger partial charge in [-0.2, -0.15) is 4.98 Å². The van der Waals surface area contributed by atoms with E-state index in [1.807, 2.05) is 19.1 Å². The number of hydrogen-bond donors (Lipinski definition) is 0. The Morgan fingerprint density at radius 3 is 2.23 bits per heavy atom.